The number of nitrogens with zero attached hydrogens (tertiary/aromatic N) is 2. The Hall–Kier alpha value is -2.88. The summed E-state index contributed by atoms with van der Waals surface area (Å²) in [4.78, 5) is 3.97. The number of methoxy groups -OCH3 is 1. The smallest absolute Gasteiger partial charge is 0.204 e. The van der Waals surface area contributed by atoms with Gasteiger partial charge in [0.25, 0.3) is 0 Å². The number of halogens is 2. The summed E-state index contributed by atoms with van der Waals surface area (Å²) in [5, 5.41) is 12.7. The van der Waals surface area contributed by atoms with Crippen molar-refractivity contribution in [1.29, 1.82) is 5.26 Å². The first-order chi connectivity index (χ1) is 14.5. The summed E-state index contributed by atoms with van der Waals surface area (Å²) >= 11 is 12.5. The minimum absolute atomic E-state index is 0.393. The molecule has 0 atom stereocenters. The molecule has 0 amide bonds. The molecule has 0 spiro atoms. The summed E-state index contributed by atoms with van der Waals surface area (Å²) in [5.74, 6) is 1.98. The predicted octanol–water partition coefficient (Wildman–Crippen LogP) is 6.22. The molecule has 30 heavy (non-hydrogen) atoms. The number of ether oxygens (including phenoxy) is 3. The second kappa shape index (κ2) is 10.2. The molecule has 0 radical (unpaired) electrons. The second-order valence-electron chi connectivity index (χ2n) is 6.52. The number of nitrogens with one attached hydrogen (secondary N) is 1. The summed E-state index contributed by atoms with van der Waals surface area (Å²) in [7, 11) is 1.57. The van der Waals surface area contributed by atoms with Gasteiger partial charge in [-0.25, -0.2) is 0 Å². The summed E-state index contributed by atoms with van der Waals surface area (Å²) in [6.45, 7) is 4.41. The average molecular weight is 446 g/mol. The van der Waals surface area contributed by atoms with Gasteiger partial charge in [0, 0.05) is 30.5 Å². The topological polar surface area (TPSA) is 76.4 Å². The van der Waals surface area contributed by atoms with Crippen molar-refractivity contribution >= 4 is 34.6 Å². The van der Waals surface area contributed by atoms with Crippen molar-refractivity contribution in [3.8, 4) is 23.3 Å². The summed E-state index contributed by atoms with van der Waals surface area (Å²) in [5.41, 5.74) is 2.00. The molecule has 0 saturated heterocycles. The maximum absolute atomic E-state index is 8.64. The SMILES string of the molecule is C=C1C=C(Nc2c(Cl)cncc2Cl)c2ccc(OC)c(OCCCCCC#N)c2O1. The Morgan fingerprint density at radius 1 is 1.20 bits per heavy atom. The van der Waals surface area contributed by atoms with Crippen molar-refractivity contribution < 1.29 is 14.2 Å². The van der Waals surface area contributed by atoms with Gasteiger partial charge in [-0.2, -0.15) is 5.26 Å². The Kier molecular flexibility index (Phi) is 7.45. The molecule has 1 aliphatic heterocycles. The highest BCUT2D eigenvalue weighted by Gasteiger charge is 2.25. The van der Waals surface area contributed by atoms with Crippen LogP contribution in [-0.2, 0) is 0 Å². The van der Waals surface area contributed by atoms with Gasteiger partial charge in [-0.1, -0.05) is 29.8 Å². The lowest BCUT2D eigenvalue weighted by Crippen LogP contribution is -2.11. The number of hydrogen-bond acceptors (Lipinski definition) is 6. The lowest BCUT2D eigenvalue weighted by atomic mass is 10.1. The number of benzene rings is 1. The van der Waals surface area contributed by atoms with E-state index in [0.29, 0.717) is 57.5 Å². The maximum Gasteiger partial charge on any atom is 0.204 e. The third-order valence-electron chi connectivity index (χ3n) is 4.42. The van der Waals surface area contributed by atoms with E-state index in [4.69, 9.17) is 42.7 Å². The van der Waals surface area contributed by atoms with Crippen molar-refractivity contribution in [2.75, 3.05) is 19.0 Å². The highest BCUT2D eigenvalue weighted by atomic mass is 35.5. The van der Waals surface area contributed by atoms with E-state index in [1.807, 2.05) is 12.1 Å². The Morgan fingerprint density at radius 2 is 1.97 bits per heavy atom. The molecule has 6 nitrogen and oxygen atoms in total. The van der Waals surface area contributed by atoms with Gasteiger partial charge in [0.15, 0.2) is 11.5 Å². The highest BCUT2D eigenvalue weighted by molar-refractivity contribution is 6.39. The first-order valence-corrected chi connectivity index (χ1v) is 10.2. The number of aromatic nitrogens is 1. The van der Waals surface area contributed by atoms with Crippen LogP contribution < -0.4 is 19.5 Å². The minimum Gasteiger partial charge on any atom is -0.493 e. The van der Waals surface area contributed by atoms with Crippen LogP contribution in [0.5, 0.6) is 17.2 Å². The van der Waals surface area contributed by atoms with Gasteiger partial charge in [0.05, 0.1) is 41.2 Å². The second-order valence-corrected chi connectivity index (χ2v) is 7.33. The first-order valence-electron chi connectivity index (χ1n) is 9.40. The fraction of sp³-hybridized carbons (Fsp3) is 0.273. The zero-order valence-electron chi connectivity index (χ0n) is 16.5. The Bertz CT molecular complexity index is 995. The molecule has 1 aromatic heterocycles. The minimum atomic E-state index is 0.393. The monoisotopic (exact) mass is 445 g/mol. The third-order valence-corrected chi connectivity index (χ3v) is 4.99. The Morgan fingerprint density at radius 3 is 2.67 bits per heavy atom. The van der Waals surface area contributed by atoms with E-state index in [2.05, 4.69) is 22.9 Å². The largest absolute Gasteiger partial charge is 0.493 e. The van der Waals surface area contributed by atoms with E-state index in [1.54, 1.807) is 13.2 Å². The zero-order valence-corrected chi connectivity index (χ0v) is 18.0. The normalized spacial score (nSPS) is 12.3. The molecule has 0 bridgehead atoms. The molecule has 0 aliphatic carbocycles. The molecule has 2 heterocycles. The number of allylic oxidation sites excluding steroid dienone is 1. The first kappa shape index (κ1) is 21.8. The van der Waals surface area contributed by atoms with Crippen LogP contribution in [0.4, 0.5) is 5.69 Å². The summed E-state index contributed by atoms with van der Waals surface area (Å²) < 4.78 is 17.4. The van der Waals surface area contributed by atoms with E-state index in [-0.39, 0.29) is 0 Å². The number of rotatable bonds is 9. The van der Waals surface area contributed by atoms with Crippen LogP contribution in [0.1, 0.15) is 31.2 Å². The van der Waals surface area contributed by atoms with E-state index in [0.717, 1.165) is 24.8 Å². The third kappa shape index (κ3) is 4.99. The van der Waals surface area contributed by atoms with Gasteiger partial charge in [0.1, 0.15) is 5.76 Å². The van der Waals surface area contributed by atoms with Crippen LogP contribution >= 0.6 is 23.2 Å². The predicted molar refractivity (Wildman–Crippen MR) is 118 cm³/mol. The van der Waals surface area contributed by atoms with Crippen LogP contribution in [0.15, 0.2) is 42.9 Å². The molecular weight excluding hydrogens is 425 g/mol. The molecule has 1 aliphatic rings. The quantitative estimate of drug-likeness (QED) is 0.461. The van der Waals surface area contributed by atoms with Gasteiger partial charge in [-0.15, -0.1) is 0 Å². The van der Waals surface area contributed by atoms with Gasteiger partial charge in [-0.3, -0.25) is 4.98 Å². The van der Waals surface area contributed by atoms with Crippen molar-refractivity contribution in [2.24, 2.45) is 0 Å². The van der Waals surface area contributed by atoms with E-state index < -0.39 is 0 Å². The van der Waals surface area contributed by atoms with E-state index in [1.165, 1.54) is 12.4 Å². The lowest BCUT2D eigenvalue weighted by molar-refractivity contribution is 0.270. The standard InChI is InChI=1S/C22H21Cl2N3O3/c1-14-11-18(27-20-16(23)12-26-13-17(20)24)15-7-8-19(28-2)22(21(15)30-14)29-10-6-4-3-5-9-25/h7-8,11-13H,1,3-6,10H2,2H3,(H,26,27). The maximum atomic E-state index is 8.64. The van der Waals surface area contributed by atoms with Crippen LogP contribution in [0.25, 0.3) is 5.70 Å². The Balaban J connectivity index is 1.88. The van der Waals surface area contributed by atoms with Crippen LogP contribution in [0.3, 0.4) is 0 Å². The Labute approximate surface area is 185 Å². The molecule has 1 N–H and O–H groups in total. The molecule has 0 fully saturated rings. The van der Waals surface area contributed by atoms with Crippen molar-refractivity contribution in [3.63, 3.8) is 0 Å². The fourth-order valence-electron chi connectivity index (χ4n) is 2.98. The molecule has 8 heteroatoms. The summed E-state index contributed by atoms with van der Waals surface area (Å²) in [6, 6.07) is 5.82. The number of hydrogen-bond donors (Lipinski definition) is 1. The number of fused-ring (bicyclic) bond motifs is 1. The van der Waals surface area contributed by atoms with Crippen molar-refractivity contribution in [1.82, 2.24) is 4.98 Å². The van der Waals surface area contributed by atoms with Crippen molar-refractivity contribution in [2.45, 2.75) is 25.7 Å². The van der Waals surface area contributed by atoms with E-state index in [9.17, 15) is 0 Å². The highest BCUT2D eigenvalue weighted by Crippen LogP contribution is 2.46. The average Bonchev–Trinajstić information content (AvgIpc) is 2.73. The fourth-order valence-corrected chi connectivity index (χ4v) is 3.44. The van der Waals surface area contributed by atoms with E-state index >= 15 is 0 Å². The molecule has 1 aromatic carbocycles. The van der Waals surface area contributed by atoms with Crippen LogP contribution in [-0.4, -0.2) is 18.7 Å². The lowest BCUT2D eigenvalue weighted by Gasteiger charge is -2.25. The number of anilines is 1. The van der Waals surface area contributed by atoms with Crippen LogP contribution in [0, 0.1) is 11.3 Å². The van der Waals surface area contributed by atoms with Gasteiger partial charge < -0.3 is 19.5 Å². The number of unbranched alkanes of at least 4 members (excludes halogenated alkanes) is 3. The summed E-state index contributed by atoms with van der Waals surface area (Å²) in [6.07, 6.45) is 7.91. The molecular formula is C22H21Cl2N3O3. The van der Waals surface area contributed by atoms with Crippen LogP contribution in [0.2, 0.25) is 10.0 Å². The van der Waals surface area contributed by atoms with Gasteiger partial charge in [-0.05, 0) is 31.4 Å². The molecule has 0 saturated carbocycles. The number of nitriles is 1. The molecule has 0 unspecified atom stereocenters. The van der Waals surface area contributed by atoms with Gasteiger partial charge >= 0.3 is 0 Å². The molecule has 156 valence electrons. The molecule has 3 rings (SSSR count). The zero-order chi connectivity index (χ0) is 21.5. The molecule has 2 aromatic rings. The van der Waals surface area contributed by atoms with Crippen molar-refractivity contribution in [3.05, 3.63) is 58.5 Å². The van der Waals surface area contributed by atoms with Gasteiger partial charge in [0.2, 0.25) is 5.75 Å². The number of pyridine rings is 1.